The molecule has 1 unspecified atom stereocenters. The van der Waals surface area contributed by atoms with Gasteiger partial charge in [-0.2, -0.15) is 26.3 Å². The molecule has 0 amide bonds. The van der Waals surface area contributed by atoms with E-state index in [1.54, 1.807) is 31.3 Å². The van der Waals surface area contributed by atoms with E-state index in [1.807, 2.05) is 4.90 Å². The lowest BCUT2D eigenvalue weighted by molar-refractivity contribution is -0.143. The second-order valence-electron chi connectivity index (χ2n) is 8.69. The summed E-state index contributed by atoms with van der Waals surface area (Å²) in [4.78, 5) is 6.12. The molecule has 36 heavy (non-hydrogen) atoms. The van der Waals surface area contributed by atoms with Crippen LogP contribution < -0.4 is 4.74 Å². The second kappa shape index (κ2) is 10.1. The lowest BCUT2D eigenvalue weighted by atomic mass is 9.97. The number of rotatable bonds is 3. The first-order valence-electron chi connectivity index (χ1n) is 11.3. The molecule has 10 heteroatoms. The van der Waals surface area contributed by atoms with Crippen molar-refractivity contribution in [3.63, 3.8) is 0 Å². The topological polar surface area (TPSA) is 25.4 Å². The van der Waals surface area contributed by atoms with E-state index in [4.69, 9.17) is 4.74 Å². The zero-order chi connectivity index (χ0) is 26.1. The quantitative estimate of drug-likeness (QED) is 0.337. The third-order valence-electron chi connectivity index (χ3n) is 6.25. The van der Waals surface area contributed by atoms with Gasteiger partial charge in [-0.05, 0) is 79.4 Å². The van der Waals surface area contributed by atoms with Gasteiger partial charge in [0, 0.05) is 24.3 Å². The molecule has 0 bridgehead atoms. The summed E-state index contributed by atoms with van der Waals surface area (Å²) < 4.78 is 100. The number of nitrogens with zero attached hydrogens (tertiary/aromatic N) is 2. The van der Waals surface area contributed by atoms with E-state index in [1.165, 1.54) is 12.1 Å². The van der Waals surface area contributed by atoms with Crippen molar-refractivity contribution in [1.29, 1.82) is 0 Å². The Hall–Kier alpha value is -3.14. The summed E-state index contributed by atoms with van der Waals surface area (Å²) in [5, 5.41) is 0. The Labute approximate surface area is 203 Å². The summed E-state index contributed by atoms with van der Waals surface area (Å²) in [6.07, 6.45) is -7.06. The first-order chi connectivity index (χ1) is 16.9. The lowest BCUT2D eigenvalue weighted by Crippen LogP contribution is -2.28. The van der Waals surface area contributed by atoms with Crippen LogP contribution in [0.5, 0.6) is 5.88 Å². The van der Waals surface area contributed by atoms with Gasteiger partial charge in [0.2, 0.25) is 5.88 Å². The zero-order valence-corrected chi connectivity index (χ0v) is 19.3. The summed E-state index contributed by atoms with van der Waals surface area (Å²) in [6, 6.07) is 8.42. The van der Waals surface area contributed by atoms with Crippen molar-refractivity contribution in [2.24, 2.45) is 0 Å². The van der Waals surface area contributed by atoms with Crippen molar-refractivity contribution >= 4 is 0 Å². The molecule has 0 radical (unpaired) electrons. The minimum absolute atomic E-state index is 0.0916. The molecule has 4 rings (SSSR count). The summed E-state index contributed by atoms with van der Waals surface area (Å²) in [5.41, 5.74) is -0.781. The number of ether oxygens (including phenoxy) is 1. The van der Waals surface area contributed by atoms with Crippen LogP contribution in [-0.2, 0) is 18.9 Å². The SMILES string of the molecule is CC(c1cc(C(F)(F)F)cc(C(F)(F)F)c1)N1CCCCOc2nccc(-c3ccc(F)cc3)c2C1. The third kappa shape index (κ3) is 5.80. The van der Waals surface area contributed by atoms with Gasteiger partial charge in [-0.3, -0.25) is 4.90 Å². The highest BCUT2D eigenvalue weighted by atomic mass is 19.4. The number of hydrogen-bond acceptors (Lipinski definition) is 3. The van der Waals surface area contributed by atoms with Gasteiger partial charge in [0.05, 0.1) is 17.7 Å². The first-order valence-corrected chi connectivity index (χ1v) is 11.3. The van der Waals surface area contributed by atoms with Crippen molar-refractivity contribution in [2.75, 3.05) is 13.2 Å². The Morgan fingerprint density at radius 1 is 0.889 bits per heavy atom. The molecule has 0 aliphatic carbocycles. The molecule has 1 aliphatic rings. The average molecular weight is 512 g/mol. The van der Waals surface area contributed by atoms with Crippen LogP contribution in [0.2, 0.25) is 0 Å². The van der Waals surface area contributed by atoms with Crippen LogP contribution in [0.25, 0.3) is 11.1 Å². The van der Waals surface area contributed by atoms with Gasteiger partial charge in [-0.1, -0.05) is 12.1 Å². The predicted octanol–water partition coefficient (Wildman–Crippen LogP) is 7.66. The number of fused-ring (bicyclic) bond motifs is 1. The maximum atomic E-state index is 13.5. The van der Waals surface area contributed by atoms with Crippen molar-refractivity contribution in [3.05, 3.63) is 82.8 Å². The van der Waals surface area contributed by atoms with E-state index >= 15 is 0 Å². The van der Waals surface area contributed by atoms with Gasteiger partial charge in [0.1, 0.15) is 5.82 Å². The van der Waals surface area contributed by atoms with Crippen LogP contribution in [0.3, 0.4) is 0 Å². The van der Waals surface area contributed by atoms with Crippen molar-refractivity contribution in [2.45, 2.75) is 44.7 Å². The summed E-state index contributed by atoms with van der Waals surface area (Å²) >= 11 is 0. The van der Waals surface area contributed by atoms with Crippen LogP contribution in [-0.4, -0.2) is 23.0 Å². The van der Waals surface area contributed by atoms with Gasteiger partial charge in [-0.15, -0.1) is 0 Å². The van der Waals surface area contributed by atoms with E-state index in [0.29, 0.717) is 48.6 Å². The number of halogens is 7. The Morgan fingerprint density at radius 2 is 1.53 bits per heavy atom. The van der Waals surface area contributed by atoms with Gasteiger partial charge in [-0.25, -0.2) is 9.37 Å². The molecule has 1 aliphatic heterocycles. The van der Waals surface area contributed by atoms with Crippen LogP contribution in [0.4, 0.5) is 30.7 Å². The number of pyridine rings is 1. The number of benzene rings is 2. The molecular formula is C26H23F7N2O. The monoisotopic (exact) mass is 512 g/mol. The molecule has 2 aromatic carbocycles. The van der Waals surface area contributed by atoms with E-state index in [-0.39, 0.29) is 18.2 Å². The van der Waals surface area contributed by atoms with Crippen LogP contribution in [0, 0.1) is 5.82 Å². The summed E-state index contributed by atoms with van der Waals surface area (Å²) in [5.74, 6) is -0.0834. The van der Waals surface area contributed by atoms with E-state index < -0.39 is 35.3 Å². The average Bonchev–Trinajstić information content (AvgIpc) is 2.93. The predicted molar refractivity (Wildman–Crippen MR) is 120 cm³/mol. The first kappa shape index (κ1) is 25.9. The molecule has 1 atom stereocenters. The number of hydrogen-bond donors (Lipinski definition) is 0. The van der Waals surface area contributed by atoms with Gasteiger partial charge < -0.3 is 4.74 Å². The van der Waals surface area contributed by atoms with Crippen molar-refractivity contribution < 1.29 is 35.5 Å². The second-order valence-corrected chi connectivity index (χ2v) is 8.69. The normalized spacial score (nSPS) is 16.3. The Morgan fingerprint density at radius 3 is 2.14 bits per heavy atom. The molecule has 0 spiro atoms. The minimum Gasteiger partial charge on any atom is -0.477 e. The van der Waals surface area contributed by atoms with Crippen LogP contribution >= 0.6 is 0 Å². The molecule has 3 nitrogen and oxygen atoms in total. The standard InChI is InChI=1S/C26H23F7N2O/c1-16(18-12-19(25(28,29)30)14-20(13-18)26(31,32)33)35-10-2-3-11-36-24-23(15-35)22(8-9-34-24)17-4-6-21(27)7-5-17/h4-9,12-14,16H,2-3,10-11,15H2,1H3. The smallest absolute Gasteiger partial charge is 0.416 e. The lowest BCUT2D eigenvalue weighted by Gasteiger charge is -2.31. The third-order valence-corrected chi connectivity index (χ3v) is 6.25. The highest BCUT2D eigenvalue weighted by Crippen LogP contribution is 2.39. The highest BCUT2D eigenvalue weighted by molar-refractivity contribution is 5.69. The van der Waals surface area contributed by atoms with E-state index in [9.17, 15) is 30.7 Å². The molecule has 0 fully saturated rings. The molecule has 192 valence electrons. The molecule has 0 saturated heterocycles. The van der Waals surface area contributed by atoms with E-state index in [0.717, 1.165) is 12.1 Å². The summed E-state index contributed by atoms with van der Waals surface area (Å²) in [7, 11) is 0. The van der Waals surface area contributed by atoms with E-state index in [2.05, 4.69) is 4.98 Å². The maximum absolute atomic E-state index is 13.5. The minimum atomic E-state index is -4.93. The molecule has 3 aromatic rings. The summed E-state index contributed by atoms with van der Waals surface area (Å²) in [6.45, 7) is 2.52. The zero-order valence-electron chi connectivity index (χ0n) is 19.3. The van der Waals surface area contributed by atoms with Gasteiger partial charge in [0.15, 0.2) is 0 Å². The largest absolute Gasteiger partial charge is 0.477 e. The van der Waals surface area contributed by atoms with Crippen LogP contribution in [0.1, 0.15) is 48.1 Å². The molecule has 0 saturated carbocycles. The molecule has 1 aromatic heterocycles. The fraction of sp³-hybridized carbons (Fsp3) is 0.346. The van der Waals surface area contributed by atoms with Gasteiger partial charge >= 0.3 is 12.4 Å². The maximum Gasteiger partial charge on any atom is 0.416 e. The fourth-order valence-electron chi connectivity index (χ4n) is 4.28. The fourth-order valence-corrected chi connectivity index (χ4v) is 4.28. The van der Waals surface area contributed by atoms with Gasteiger partial charge in [0.25, 0.3) is 0 Å². The molecule has 2 heterocycles. The van der Waals surface area contributed by atoms with Crippen molar-refractivity contribution in [1.82, 2.24) is 9.88 Å². The van der Waals surface area contributed by atoms with Crippen molar-refractivity contribution in [3.8, 4) is 17.0 Å². The van der Waals surface area contributed by atoms with Crippen LogP contribution in [0.15, 0.2) is 54.7 Å². The molecule has 0 N–H and O–H groups in total. The Balaban J connectivity index is 1.77. The number of aromatic nitrogens is 1. The number of alkyl halides is 6. The molecular weight excluding hydrogens is 489 g/mol. The Kier molecular flexibility index (Phi) is 7.26. The highest BCUT2D eigenvalue weighted by Gasteiger charge is 2.37. The Bertz CT molecular complexity index is 1170.